The summed E-state index contributed by atoms with van der Waals surface area (Å²) in [6.45, 7) is 10.2. The quantitative estimate of drug-likeness (QED) is 0.853. The summed E-state index contributed by atoms with van der Waals surface area (Å²) >= 11 is 0. The highest BCUT2D eigenvalue weighted by molar-refractivity contribution is 5.85. The summed E-state index contributed by atoms with van der Waals surface area (Å²) in [6.07, 6.45) is 5.00. The number of hydrogen-bond donors (Lipinski definition) is 1. The second kappa shape index (κ2) is 8.20. The van der Waals surface area contributed by atoms with Gasteiger partial charge < -0.3 is 5.32 Å². The maximum absolute atomic E-state index is 4.53. The molecule has 2 rings (SSSR count). The molecular weight excluding hydrogens is 286 g/mol. The molecule has 5 nitrogen and oxygen atoms in total. The Labute approximate surface area is 133 Å². The molecule has 0 fully saturated rings. The van der Waals surface area contributed by atoms with Crippen LogP contribution in [0.3, 0.4) is 0 Å². The molecule has 2 aromatic heterocycles. The Morgan fingerprint density at radius 2 is 1.95 bits per heavy atom. The second-order valence-electron chi connectivity index (χ2n) is 5.51. The Morgan fingerprint density at radius 3 is 2.57 bits per heavy atom. The molecule has 118 valence electrons. The van der Waals surface area contributed by atoms with Crippen molar-refractivity contribution in [1.82, 2.24) is 24.9 Å². The third kappa shape index (κ3) is 4.58. The summed E-state index contributed by atoms with van der Waals surface area (Å²) in [5.74, 6) is 0. The number of hydrogen-bond acceptors (Lipinski definition) is 3. The molecule has 0 aromatic carbocycles. The first-order chi connectivity index (χ1) is 9.61. The van der Waals surface area contributed by atoms with Gasteiger partial charge in [0.1, 0.15) is 0 Å². The van der Waals surface area contributed by atoms with Crippen molar-refractivity contribution in [2.75, 3.05) is 0 Å². The third-order valence-corrected chi connectivity index (χ3v) is 3.57. The van der Waals surface area contributed by atoms with Crippen LogP contribution in [0.15, 0.2) is 24.5 Å². The summed E-state index contributed by atoms with van der Waals surface area (Å²) in [6, 6.07) is 5.00. The van der Waals surface area contributed by atoms with E-state index in [9.17, 15) is 0 Å². The van der Waals surface area contributed by atoms with Crippen molar-refractivity contribution in [3.8, 4) is 0 Å². The second-order valence-corrected chi connectivity index (χ2v) is 5.51. The maximum Gasteiger partial charge on any atom is 0.0762 e. The Bertz CT molecular complexity index is 532. The predicted molar refractivity (Wildman–Crippen MR) is 87.6 cm³/mol. The van der Waals surface area contributed by atoms with Crippen molar-refractivity contribution in [2.24, 2.45) is 0 Å². The van der Waals surface area contributed by atoms with E-state index in [-0.39, 0.29) is 12.4 Å². The fourth-order valence-electron chi connectivity index (χ4n) is 2.13. The highest BCUT2D eigenvalue weighted by Gasteiger charge is 2.08. The molecule has 2 heterocycles. The smallest absolute Gasteiger partial charge is 0.0762 e. The fourth-order valence-corrected chi connectivity index (χ4v) is 2.13. The summed E-state index contributed by atoms with van der Waals surface area (Å²) in [5.41, 5.74) is 2.30. The monoisotopic (exact) mass is 311 g/mol. The number of halogens is 1. The molecule has 0 spiro atoms. The molecule has 0 aliphatic carbocycles. The Morgan fingerprint density at radius 1 is 1.19 bits per heavy atom. The first-order valence-electron chi connectivity index (χ1n) is 7.39. The van der Waals surface area contributed by atoms with E-state index in [0.717, 1.165) is 25.2 Å². The Kier molecular flexibility index (Phi) is 6.92. The lowest BCUT2D eigenvalue weighted by Gasteiger charge is -2.13. The van der Waals surface area contributed by atoms with Crippen LogP contribution in [0.25, 0.3) is 0 Å². The van der Waals surface area contributed by atoms with Crippen LogP contribution >= 0.6 is 12.4 Å². The third-order valence-electron chi connectivity index (χ3n) is 3.57. The van der Waals surface area contributed by atoms with E-state index < -0.39 is 0 Å². The summed E-state index contributed by atoms with van der Waals surface area (Å²) < 4.78 is 4.08. The number of aromatic nitrogens is 4. The summed E-state index contributed by atoms with van der Waals surface area (Å²) in [4.78, 5) is 0. The van der Waals surface area contributed by atoms with Crippen LogP contribution in [0.2, 0.25) is 0 Å². The lowest BCUT2D eigenvalue weighted by molar-refractivity contribution is 0.450. The van der Waals surface area contributed by atoms with Crippen LogP contribution in [-0.2, 0) is 13.1 Å². The van der Waals surface area contributed by atoms with E-state index >= 15 is 0 Å². The van der Waals surface area contributed by atoms with Gasteiger partial charge in [0.2, 0.25) is 0 Å². The highest BCUT2D eigenvalue weighted by atomic mass is 35.5. The van der Waals surface area contributed by atoms with Crippen molar-refractivity contribution >= 4 is 12.4 Å². The Hall–Kier alpha value is -1.33. The molecule has 0 saturated heterocycles. The largest absolute Gasteiger partial charge is 0.305 e. The molecule has 1 atom stereocenters. The average molecular weight is 312 g/mol. The van der Waals surface area contributed by atoms with Crippen LogP contribution in [-0.4, -0.2) is 19.6 Å². The molecule has 2 aromatic rings. The van der Waals surface area contributed by atoms with Gasteiger partial charge in [-0.25, -0.2) is 0 Å². The predicted octanol–water partition coefficient (Wildman–Crippen LogP) is 3.34. The van der Waals surface area contributed by atoms with Crippen molar-refractivity contribution < 1.29 is 0 Å². The van der Waals surface area contributed by atoms with E-state index in [1.54, 1.807) is 0 Å². The topological polar surface area (TPSA) is 47.7 Å². The van der Waals surface area contributed by atoms with Gasteiger partial charge in [0.25, 0.3) is 0 Å². The molecule has 0 bridgehead atoms. The van der Waals surface area contributed by atoms with Gasteiger partial charge in [0.15, 0.2) is 0 Å². The molecule has 0 aliphatic rings. The van der Waals surface area contributed by atoms with Crippen LogP contribution < -0.4 is 5.32 Å². The SMILES string of the molecule is CCC(C)n1nccc1CNCc1ccn(C(C)C)n1.Cl. The highest BCUT2D eigenvalue weighted by Crippen LogP contribution is 2.12. The first kappa shape index (κ1) is 17.7. The molecule has 1 unspecified atom stereocenters. The van der Waals surface area contributed by atoms with E-state index in [1.807, 2.05) is 17.1 Å². The Balaban J connectivity index is 0.00000220. The lowest BCUT2D eigenvalue weighted by Crippen LogP contribution is -2.18. The van der Waals surface area contributed by atoms with Gasteiger partial charge in [0.05, 0.1) is 11.4 Å². The zero-order valence-electron chi connectivity index (χ0n) is 13.3. The summed E-state index contributed by atoms with van der Waals surface area (Å²) in [7, 11) is 0. The minimum atomic E-state index is 0. The maximum atomic E-state index is 4.53. The van der Waals surface area contributed by atoms with Gasteiger partial charge in [-0.05, 0) is 39.3 Å². The van der Waals surface area contributed by atoms with Gasteiger partial charge in [-0.15, -0.1) is 12.4 Å². The minimum Gasteiger partial charge on any atom is -0.305 e. The lowest BCUT2D eigenvalue weighted by atomic mass is 10.2. The van der Waals surface area contributed by atoms with Crippen molar-refractivity contribution in [1.29, 1.82) is 0 Å². The van der Waals surface area contributed by atoms with Gasteiger partial charge in [-0.1, -0.05) is 6.92 Å². The summed E-state index contributed by atoms with van der Waals surface area (Å²) in [5, 5.41) is 12.4. The number of nitrogens with zero attached hydrogens (tertiary/aromatic N) is 4. The number of nitrogens with one attached hydrogen (secondary N) is 1. The minimum absolute atomic E-state index is 0. The first-order valence-corrected chi connectivity index (χ1v) is 7.39. The molecular formula is C15H26ClN5. The standard InChI is InChI=1S/C15H25N5.ClH/c1-5-13(4)20-15(6-8-17-20)11-16-10-14-7-9-19(18-14)12(2)3;/h6-9,12-13,16H,5,10-11H2,1-4H3;1H. The van der Waals surface area contributed by atoms with Crippen molar-refractivity contribution in [3.05, 3.63) is 35.9 Å². The van der Waals surface area contributed by atoms with Crippen molar-refractivity contribution in [3.63, 3.8) is 0 Å². The van der Waals surface area contributed by atoms with E-state index in [4.69, 9.17) is 0 Å². The van der Waals surface area contributed by atoms with Gasteiger partial charge in [0, 0.05) is 37.6 Å². The van der Waals surface area contributed by atoms with E-state index in [1.165, 1.54) is 5.69 Å². The fraction of sp³-hybridized carbons (Fsp3) is 0.600. The molecule has 0 radical (unpaired) electrons. The van der Waals surface area contributed by atoms with Gasteiger partial charge in [-0.3, -0.25) is 9.36 Å². The molecule has 0 saturated carbocycles. The van der Waals surface area contributed by atoms with Crippen molar-refractivity contribution in [2.45, 2.75) is 59.3 Å². The molecule has 1 N–H and O–H groups in total. The van der Waals surface area contributed by atoms with Crippen LogP contribution in [0.1, 0.15) is 57.6 Å². The zero-order chi connectivity index (χ0) is 14.5. The van der Waals surface area contributed by atoms with Crippen LogP contribution in [0, 0.1) is 0 Å². The van der Waals surface area contributed by atoms with Gasteiger partial charge >= 0.3 is 0 Å². The molecule has 0 amide bonds. The van der Waals surface area contributed by atoms with Crippen LogP contribution in [0.4, 0.5) is 0 Å². The average Bonchev–Trinajstić information content (AvgIpc) is 3.07. The normalized spacial score (nSPS) is 12.4. The zero-order valence-corrected chi connectivity index (χ0v) is 14.1. The molecule has 0 aliphatic heterocycles. The van der Waals surface area contributed by atoms with E-state index in [2.05, 4.69) is 60.0 Å². The molecule has 6 heteroatoms. The number of rotatable bonds is 7. The molecule has 21 heavy (non-hydrogen) atoms. The van der Waals surface area contributed by atoms with E-state index in [0.29, 0.717) is 12.1 Å². The van der Waals surface area contributed by atoms with Crippen LogP contribution in [0.5, 0.6) is 0 Å². The van der Waals surface area contributed by atoms with Gasteiger partial charge in [-0.2, -0.15) is 10.2 Å².